The Kier molecular flexibility index (Phi) is 10.4. The number of hydrogen-bond acceptors (Lipinski definition) is 4. The molecular formula is C20H31NO4S. The molecule has 0 aromatic carbocycles. The highest BCUT2D eigenvalue weighted by atomic mass is 32.1. The normalized spacial score (nSPS) is 19.3. The van der Waals surface area contributed by atoms with Gasteiger partial charge in [0.15, 0.2) is 0 Å². The molecule has 2 N–H and O–H groups in total. The highest BCUT2D eigenvalue weighted by Gasteiger charge is 2.32. The molecule has 2 atom stereocenters. The molecule has 0 aliphatic carbocycles. The maximum Gasteiger partial charge on any atom is 0.303 e. The lowest BCUT2D eigenvalue weighted by Gasteiger charge is -2.15. The van der Waals surface area contributed by atoms with Gasteiger partial charge in [-0.1, -0.05) is 63.3 Å². The number of allylic oxidation sites excluding steroid dienone is 2. The molecular weight excluding hydrogens is 350 g/mol. The fourth-order valence-corrected chi connectivity index (χ4v) is 3.12. The van der Waals surface area contributed by atoms with Crippen molar-refractivity contribution in [2.45, 2.75) is 77.4 Å². The molecule has 5 nitrogen and oxygen atoms in total. The Morgan fingerprint density at radius 2 is 2.04 bits per heavy atom. The van der Waals surface area contributed by atoms with Crippen LogP contribution in [-0.4, -0.2) is 38.5 Å². The number of hydrogen-bond donors (Lipinski definition) is 3. The molecule has 0 saturated carbocycles. The number of aliphatic hydroxyl groups excluding tert-OH is 1. The van der Waals surface area contributed by atoms with Gasteiger partial charge in [-0.05, 0) is 38.2 Å². The van der Waals surface area contributed by atoms with Crippen LogP contribution >= 0.6 is 12.8 Å². The Bertz CT molecular complexity index is 568. The summed E-state index contributed by atoms with van der Waals surface area (Å²) < 4.78 is 1.41. The lowest BCUT2D eigenvalue weighted by Crippen LogP contribution is -2.23. The van der Waals surface area contributed by atoms with Gasteiger partial charge in [-0.2, -0.15) is 0 Å². The van der Waals surface area contributed by atoms with Crippen molar-refractivity contribution in [1.82, 2.24) is 4.31 Å². The minimum atomic E-state index is -0.785. The lowest BCUT2D eigenvalue weighted by molar-refractivity contribution is -0.137. The van der Waals surface area contributed by atoms with Gasteiger partial charge in [0.25, 0.3) is 5.91 Å². The van der Waals surface area contributed by atoms with Gasteiger partial charge in [-0.15, -0.1) is 0 Å². The summed E-state index contributed by atoms with van der Waals surface area (Å²) in [7, 11) is 0. The number of unbranched alkanes of at least 4 members (excludes halogenated alkanes) is 3. The standard InChI is InChI=1S/C20H31NO4S/c1-3-4-7-10-16(22)13-14-18-17(15(2)21(26)20(18)25)11-8-5-6-9-12-19(23)24/h5,8,13-16,22,26H,3-4,6-7,9-12H2,1-2H3,(H,23,24)/b8-5-,14-13+. The van der Waals surface area contributed by atoms with Crippen LogP contribution in [0.4, 0.5) is 0 Å². The Morgan fingerprint density at radius 1 is 1.31 bits per heavy atom. The van der Waals surface area contributed by atoms with E-state index < -0.39 is 12.1 Å². The number of amides is 1. The van der Waals surface area contributed by atoms with Gasteiger partial charge in [0.1, 0.15) is 0 Å². The smallest absolute Gasteiger partial charge is 0.303 e. The molecule has 2 unspecified atom stereocenters. The van der Waals surface area contributed by atoms with Crippen LogP contribution in [0.15, 0.2) is 35.5 Å². The fourth-order valence-electron chi connectivity index (χ4n) is 2.87. The first-order valence-electron chi connectivity index (χ1n) is 9.37. The number of aliphatic hydroxyl groups is 1. The SMILES string of the molecule is CCCCCC(O)/C=C/C1=C(C/C=C\CCCC(=O)O)C(C)N(S)C1=O. The first-order chi connectivity index (χ1) is 12.4. The third-order valence-corrected chi connectivity index (χ3v) is 5.04. The predicted octanol–water partition coefficient (Wildman–Crippen LogP) is 4.06. The van der Waals surface area contributed by atoms with Crippen molar-refractivity contribution in [2.24, 2.45) is 0 Å². The Hall–Kier alpha value is -1.53. The summed E-state index contributed by atoms with van der Waals surface area (Å²) in [4.78, 5) is 22.9. The zero-order chi connectivity index (χ0) is 19.5. The number of carboxylic acid groups (broad SMARTS) is 1. The van der Waals surface area contributed by atoms with E-state index in [0.29, 0.717) is 31.3 Å². The van der Waals surface area contributed by atoms with Crippen molar-refractivity contribution in [1.29, 1.82) is 0 Å². The van der Waals surface area contributed by atoms with Gasteiger partial charge < -0.3 is 10.2 Å². The number of carbonyl (C=O) groups excluding carboxylic acids is 1. The van der Waals surface area contributed by atoms with Crippen molar-refractivity contribution in [3.8, 4) is 0 Å². The first kappa shape index (κ1) is 22.5. The summed E-state index contributed by atoms with van der Waals surface area (Å²) >= 11 is 4.27. The highest BCUT2D eigenvalue weighted by Crippen LogP contribution is 2.31. The second-order valence-electron chi connectivity index (χ2n) is 6.65. The van der Waals surface area contributed by atoms with Crippen LogP contribution in [0.5, 0.6) is 0 Å². The minimum Gasteiger partial charge on any atom is -0.481 e. The number of thiol groups is 1. The van der Waals surface area contributed by atoms with Gasteiger partial charge in [0, 0.05) is 12.0 Å². The van der Waals surface area contributed by atoms with Gasteiger partial charge in [-0.25, -0.2) is 0 Å². The van der Waals surface area contributed by atoms with Crippen molar-refractivity contribution in [2.75, 3.05) is 0 Å². The number of nitrogens with zero attached hydrogens (tertiary/aromatic N) is 1. The summed E-state index contributed by atoms with van der Waals surface area (Å²) in [6.45, 7) is 4.05. The van der Waals surface area contributed by atoms with Crippen LogP contribution in [-0.2, 0) is 9.59 Å². The molecule has 0 fully saturated rings. The van der Waals surface area contributed by atoms with Gasteiger partial charge >= 0.3 is 5.97 Å². The Balaban J connectivity index is 2.70. The van der Waals surface area contributed by atoms with E-state index >= 15 is 0 Å². The predicted molar refractivity (Wildman–Crippen MR) is 107 cm³/mol. The summed E-state index contributed by atoms with van der Waals surface area (Å²) in [5.74, 6) is -0.932. The molecule has 6 heteroatoms. The fraction of sp³-hybridized carbons (Fsp3) is 0.600. The van der Waals surface area contributed by atoms with Crippen LogP contribution in [0, 0.1) is 0 Å². The first-order valence-corrected chi connectivity index (χ1v) is 9.77. The quantitative estimate of drug-likeness (QED) is 0.271. The highest BCUT2D eigenvalue weighted by molar-refractivity contribution is 7.78. The van der Waals surface area contributed by atoms with Crippen LogP contribution in [0.2, 0.25) is 0 Å². The molecule has 146 valence electrons. The average Bonchev–Trinajstić information content (AvgIpc) is 2.80. The van der Waals surface area contributed by atoms with Crippen LogP contribution in [0.3, 0.4) is 0 Å². The van der Waals surface area contributed by atoms with E-state index in [4.69, 9.17) is 5.11 Å². The van der Waals surface area contributed by atoms with Crippen LogP contribution < -0.4 is 0 Å². The molecule has 26 heavy (non-hydrogen) atoms. The summed E-state index contributed by atoms with van der Waals surface area (Å²) in [6, 6.07) is -0.105. The Morgan fingerprint density at radius 3 is 2.69 bits per heavy atom. The zero-order valence-corrected chi connectivity index (χ0v) is 16.6. The maximum absolute atomic E-state index is 12.4. The van der Waals surface area contributed by atoms with E-state index in [1.807, 2.05) is 19.1 Å². The molecule has 0 spiro atoms. The lowest BCUT2D eigenvalue weighted by atomic mass is 10.0. The van der Waals surface area contributed by atoms with E-state index in [9.17, 15) is 14.7 Å². The van der Waals surface area contributed by atoms with E-state index in [0.717, 1.165) is 24.8 Å². The van der Waals surface area contributed by atoms with Crippen molar-refractivity contribution >= 4 is 24.7 Å². The molecule has 1 rings (SSSR count). The van der Waals surface area contributed by atoms with Crippen molar-refractivity contribution in [3.05, 3.63) is 35.5 Å². The van der Waals surface area contributed by atoms with Gasteiger partial charge in [0.05, 0.1) is 12.1 Å². The second kappa shape index (κ2) is 12.0. The van der Waals surface area contributed by atoms with E-state index in [1.54, 1.807) is 12.2 Å². The third-order valence-electron chi connectivity index (χ3n) is 4.51. The molecule has 1 aliphatic heterocycles. The molecule has 0 saturated heterocycles. The number of rotatable bonds is 12. The molecule has 0 bridgehead atoms. The average molecular weight is 382 g/mol. The molecule has 1 heterocycles. The maximum atomic E-state index is 12.4. The number of carbonyl (C=O) groups is 2. The molecule has 1 amide bonds. The van der Waals surface area contributed by atoms with Gasteiger partial charge in [-0.3, -0.25) is 13.9 Å². The monoisotopic (exact) mass is 381 g/mol. The van der Waals surface area contributed by atoms with Crippen LogP contribution in [0.25, 0.3) is 0 Å². The minimum absolute atomic E-state index is 0.105. The summed E-state index contributed by atoms with van der Waals surface area (Å²) in [5.41, 5.74) is 1.56. The second-order valence-corrected chi connectivity index (χ2v) is 7.08. The third kappa shape index (κ3) is 7.38. The number of aliphatic carboxylic acids is 1. The topological polar surface area (TPSA) is 77.8 Å². The Labute approximate surface area is 162 Å². The summed E-state index contributed by atoms with van der Waals surface area (Å²) in [5, 5.41) is 18.7. The van der Waals surface area contributed by atoms with E-state index in [-0.39, 0.29) is 18.4 Å². The molecule has 1 aliphatic rings. The van der Waals surface area contributed by atoms with Crippen molar-refractivity contribution in [3.63, 3.8) is 0 Å². The number of carboxylic acids is 1. The molecule has 0 radical (unpaired) electrons. The summed E-state index contributed by atoms with van der Waals surface area (Å²) in [6.07, 6.45) is 12.7. The van der Waals surface area contributed by atoms with Crippen LogP contribution in [0.1, 0.15) is 65.2 Å². The molecule has 0 aromatic heterocycles. The molecule has 0 aromatic rings. The van der Waals surface area contributed by atoms with Crippen molar-refractivity contribution < 1.29 is 19.8 Å². The zero-order valence-electron chi connectivity index (χ0n) is 15.7. The largest absolute Gasteiger partial charge is 0.481 e. The van der Waals surface area contributed by atoms with E-state index in [1.165, 1.54) is 4.31 Å². The van der Waals surface area contributed by atoms with E-state index in [2.05, 4.69) is 19.7 Å². The van der Waals surface area contributed by atoms with Gasteiger partial charge in [0.2, 0.25) is 0 Å².